The Labute approximate surface area is 123 Å². The van der Waals surface area contributed by atoms with Crippen LogP contribution in [-0.4, -0.2) is 38.0 Å². The minimum atomic E-state index is -0.913. The number of carbonyl (C=O) groups excluding carboxylic acids is 3. The highest BCUT2D eigenvalue weighted by atomic mass is 16.5. The molecule has 0 bridgehead atoms. The van der Waals surface area contributed by atoms with Crippen LogP contribution < -0.4 is 4.74 Å². The molecule has 1 aromatic rings. The van der Waals surface area contributed by atoms with Crippen molar-refractivity contribution < 1.29 is 28.6 Å². The minimum Gasteiger partial charge on any atom is -0.497 e. The van der Waals surface area contributed by atoms with E-state index in [4.69, 9.17) is 9.47 Å². The van der Waals surface area contributed by atoms with Crippen molar-refractivity contribution in [3.63, 3.8) is 0 Å². The quantitative estimate of drug-likeness (QED) is 0.563. The van der Waals surface area contributed by atoms with Gasteiger partial charge in [-0.2, -0.15) is 0 Å². The predicted molar refractivity (Wildman–Crippen MR) is 74.1 cm³/mol. The van der Waals surface area contributed by atoms with Gasteiger partial charge in [0.1, 0.15) is 5.75 Å². The lowest BCUT2D eigenvalue weighted by Crippen LogP contribution is -2.24. The van der Waals surface area contributed by atoms with Crippen LogP contribution in [0.15, 0.2) is 24.3 Å². The molecule has 6 nitrogen and oxygen atoms in total. The third kappa shape index (κ3) is 5.25. The summed E-state index contributed by atoms with van der Waals surface area (Å²) in [5.41, 5.74) is 0.420. The Morgan fingerprint density at radius 2 is 1.57 bits per heavy atom. The monoisotopic (exact) mass is 294 g/mol. The Balaban J connectivity index is 2.53. The summed E-state index contributed by atoms with van der Waals surface area (Å²) in [6.07, 6.45) is -1.10. The van der Waals surface area contributed by atoms with Crippen LogP contribution in [0.1, 0.15) is 30.1 Å². The van der Waals surface area contributed by atoms with Crippen LogP contribution in [0.25, 0.3) is 0 Å². The van der Waals surface area contributed by atoms with E-state index in [0.29, 0.717) is 11.3 Å². The summed E-state index contributed by atoms with van der Waals surface area (Å²) in [5, 5.41) is 0. The molecule has 1 aromatic carbocycles. The summed E-state index contributed by atoms with van der Waals surface area (Å²) >= 11 is 0. The highest BCUT2D eigenvalue weighted by Crippen LogP contribution is 2.14. The van der Waals surface area contributed by atoms with Crippen LogP contribution in [-0.2, 0) is 19.1 Å². The summed E-state index contributed by atoms with van der Waals surface area (Å²) in [7, 11) is 2.77. The van der Waals surface area contributed by atoms with E-state index < -0.39 is 18.0 Å². The number of methoxy groups -OCH3 is 2. The molecule has 0 saturated heterocycles. The molecular formula is C15H18O6. The number of ketones is 1. The van der Waals surface area contributed by atoms with Crippen molar-refractivity contribution in [1.82, 2.24) is 0 Å². The van der Waals surface area contributed by atoms with Gasteiger partial charge in [-0.25, -0.2) is 0 Å². The number of esters is 2. The van der Waals surface area contributed by atoms with Crippen molar-refractivity contribution >= 4 is 17.7 Å². The Morgan fingerprint density at radius 1 is 1.00 bits per heavy atom. The van der Waals surface area contributed by atoms with Crippen molar-refractivity contribution in [3.8, 4) is 5.75 Å². The van der Waals surface area contributed by atoms with Crippen molar-refractivity contribution in [1.29, 1.82) is 0 Å². The average Bonchev–Trinajstić information content (AvgIpc) is 2.51. The van der Waals surface area contributed by atoms with Gasteiger partial charge in [0.15, 0.2) is 6.10 Å². The van der Waals surface area contributed by atoms with Gasteiger partial charge in [0.05, 0.1) is 27.1 Å². The summed E-state index contributed by atoms with van der Waals surface area (Å²) < 4.78 is 14.4. The van der Waals surface area contributed by atoms with Gasteiger partial charge < -0.3 is 14.2 Å². The Morgan fingerprint density at radius 3 is 2.10 bits per heavy atom. The maximum absolute atomic E-state index is 12.1. The van der Waals surface area contributed by atoms with Crippen LogP contribution in [0.3, 0.4) is 0 Å². The maximum Gasteiger partial charge on any atom is 0.307 e. The van der Waals surface area contributed by atoms with Crippen LogP contribution in [0, 0.1) is 0 Å². The first-order chi connectivity index (χ1) is 9.97. The van der Waals surface area contributed by atoms with E-state index in [1.165, 1.54) is 21.1 Å². The van der Waals surface area contributed by atoms with Crippen molar-refractivity contribution in [3.05, 3.63) is 29.8 Å². The zero-order chi connectivity index (χ0) is 15.8. The fourth-order valence-corrected chi connectivity index (χ4v) is 1.61. The van der Waals surface area contributed by atoms with Gasteiger partial charge in [0.25, 0.3) is 0 Å². The number of rotatable bonds is 7. The largest absolute Gasteiger partial charge is 0.497 e. The molecule has 1 unspecified atom stereocenters. The molecule has 0 spiro atoms. The van der Waals surface area contributed by atoms with Gasteiger partial charge in [-0.3, -0.25) is 14.4 Å². The van der Waals surface area contributed by atoms with E-state index in [-0.39, 0.29) is 18.6 Å². The van der Waals surface area contributed by atoms with E-state index >= 15 is 0 Å². The summed E-state index contributed by atoms with van der Waals surface area (Å²) in [6, 6.07) is 6.50. The molecule has 0 saturated carbocycles. The molecule has 114 valence electrons. The first kappa shape index (κ1) is 16.7. The number of ether oxygens (including phenoxy) is 3. The Bertz CT molecular complexity index is 505. The molecule has 0 amide bonds. The molecule has 6 heteroatoms. The summed E-state index contributed by atoms with van der Waals surface area (Å²) in [5.74, 6) is -0.797. The predicted octanol–water partition coefficient (Wildman–Crippen LogP) is 1.76. The molecule has 0 fully saturated rings. The van der Waals surface area contributed by atoms with Crippen LogP contribution in [0.5, 0.6) is 5.75 Å². The van der Waals surface area contributed by atoms with Crippen molar-refractivity contribution in [2.24, 2.45) is 0 Å². The molecular weight excluding hydrogens is 276 g/mol. The molecule has 0 aliphatic carbocycles. The number of Topliss-reactive ketones (excluding diaryl/α,β-unsaturated/α-hetero) is 1. The number of carbonyl (C=O) groups is 3. The van der Waals surface area contributed by atoms with Crippen LogP contribution in [0.2, 0.25) is 0 Å². The molecule has 0 aliphatic heterocycles. The molecule has 1 atom stereocenters. The van der Waals surface area contributed by atoms with E-state index in [9.17, 15) is 14.4 Å². The van der Waals surface area contributed by atoms with Gasteiger partial charge in [0, 0.05) is 5.56 Å². The number of benzene rings is 1. The van der Waals surface area contributed by atoms with E-state index in [0.717, 1.165) is 0 Å². The lowest BCUT2D eigenvalue weighted by atomic mass is 10.1. The van der Waals surface area contributed by atoms with E-state index in [1.807, 2.05) is 0 Å². The number of hydrogen-bond acceptors (Lipinski definition) is 6. The molecule has 21 heavy (non-hydrogen) atoms. The lowest BCUT2D eigenvalue weighted by Gasteiger charge is -2.12. The van der Waals surface area contributed by atoms with Gasteiger partial charge >= 0.3 is 11.9 Å². The zero-order valence-corrected chi connectivity index (χ0v) is 12.3. The number of hydrogen-bond donors (Lipinski definition) is 0. The second-order valence-corrected chi connectivity index (χ2v) is 4.30. The van der Waals surface area contributed by atoms with Crippen molar-refractivity contribution in [2.75, 3.05) is 14.2 Å². The third-order valence-corrected chi connectivity index (χ3v) is 2.81. The van der Waals surface area contributed by atoms with Crippen LogP contribution in [0.4, 0.5) is 0 Å². The van der Waals surface area contributed by atoms with E-state index in [1.54, 1.807) is 24.3 Å². The Kier molecular flexibility index (Phi) is 6.39. The normalized spacial score (nSPS) is 11.4. The average molecular weight is 294 g/mol. The molecule has 0 aromatic heterocycles. The smallest absolute Gasteiger partial charge is 0.307 e. The summed E-state index contributed by atoms with van der Waals surface area (Å²) in [6.45, 7) is 1.49. The standard InChI is InChI=1S/C15H18O6/c1-10(21-14(17)9-8-13(16)20-3)15(18)11-4-6-12(19-2)7-5-11/h4-7,10H,8-9H2,1-3H3. The van der Waals surface area contributed by atoms with Gasteiger partial charge in [-0.05, 0) is 31.2 Å². The van der Waals surface area contributed by atoms with Gasteiger partial charge in [-0.1, -0.05) is 0 Å². The van der Waals surface area contributed by atoms with Gasteiger partial charge in [0.2, 0.25) is 5.78 Å². The maximum atomic E-state index is 12.1. The highest BCUT2D eigenvalue weighted by molar-refractivity contribution is 6.00. The zero-order valence-electron chi connectivity index (χ0n) is 12.3. The third-order valence-electron chi connectivity index (χ3n) is 2.81. The molecule has 0 N–H and O–H groups in total. The second-order valence-electron chi connectivity index (χ2n) is 4.30. The Hall–Kier alpha value is -2.37. The van der Waals surface area contributed by atoms with Crippen molar-refractivity contribution in [2.45, 2.75) is 25.9 Å². The van der Waals surface area contributed by atoms with E-state index in [2.05, 4.69) is 4.74 Å². The SMILES string of the molecule is COC(=O)CCC(=O)OC(C)C(=O)c1ccc(OC)cc1. The lowest BCUT2D eigenvalue weighted by molar-refractivity contribution is -0.150. The minimum absolute atomic E-state index is 0.0707. The fraction of sp³-hybridized carbons (Fsp3) is 0.400. The first-order valence-corrected chi connectivity index (χ1v) is 6.42. The van der Waals surface area contributed by atoms with Gasteiger partial charge in [-0.15, -0.1) is 0 Å². The topological polar surface area (TPSA) is 78.9 Å². The molecule has 0 heterocycles. The second kappa shape index (κ2) is 8.04. The molecule has 0 radical (unpaired) electrons. The highest BCUT2D eigenvalue weighted by Gasteiger charge is 2.20. The fourth-order valence-electron chi connectivity index (χ4n) is 1.61. The van der Waals surface area contributed by atoms with Crippen LogP contribution >= 0.6 is 0 Å². The molecule has 0 aliphatic rings. The molecule has 1 rings (SSSR count). The first-order valence-electron chi connectivity index (χ1n) is 6.42. The summed E-state index contributed by atoms with van der Waals surface area (Å²) in [4.78, 5) is 34.5.